The number of likely N-dealkylation sites (tertiary alicyclic amines) is 1. The van der Waals surface area contributed by atoms with Crippen LogP contribution in [0, 0.1) is 6.92 Å². The molecule has 2 heterocycles. The third-order valence-electron chi connectivity index (χ3n) is 6.61. The topological polar surface area (TPSA) is 91.4 Å². The second-order valence-corrected chi connectivity index (χ2v) is 10.4. The second kappa shape index (κ2) is 11.4. The molecule has 8 heteroatoms. The average Bonchev–Trinajstić information content (AvgIpc) is 3.58. The van der Waals surface area contributed by atoms with Crippen LogP contribution in [0.4, 0.5) is 11.4 Å². The van der Waals surface area contributed by atoms with Gasteiger partial charge in [0.1, 0.15) is 6.04 Å². The van der Waals surface area contributed by atoms with Crippen molar-refractivity contribution in [1.29, 1.82) is 0 Å². The summed E-state index contributed by atoms with van der Waals surface area (Å²) < 4.78 is 0. The maximum atomic E-state index is 13.1. The smallest absolute Gasteiger partial charge is 0.247 e. The zero-order chi connectivity index (χ0) is 26.5. The zero-order valence-corrected chi connectivity index (χ0v) is 21.8. The molecule has 1 saturated heterocycles. The number of amides is 3. The van der Waals surface area contributed by atoms with Gasteiger partial charge in [0.2, 0.25) is 18.2 Å². The van der Waals surface area contributed by atoms with Crippen molar-refractivity contribution < 1.29 is 14.4 Å². The third kappa shape index (κ3) is 5.65. The Labute approximate surface area is 225 Å². The monoisotopic (exact) mass is 524 g/mol. The first-order valence-electron chi connectivity index (χ1n) is 12.5. The van der Waals surface area contributed by atoms with E-state index in [9.17, 15) is 14.4 Å². The summed E-state index contributed by atoms with van der Waals surface area (Å²) in [6.45, 7) is 2.57. The van der Waals surface area contributed by atoms with Crippen molar-refractivity contribution in [3.05, 3.63) is 89.4 Å². The third-order valence-corrected chi connectivity index (χ3v) is 7.63. The van der Waals surface area contributed by atoms with E-state index in [0.717, 1.165) is 44.4 Å². The van der Waals surface area contributed by atoms with E-state index in [1.54, 1.807) is 16.2 Å². The molecule has 7 nitrogen and oxygen atoms in total. The standard InChI is InChI=1S/C30H28N4O3S/c1-20-32-28(29(38-20)23-11-13-24(14-12-23)31-19-35)22-9-15-25(16-10-22)33-30(37)26-8-5-17-34(26)27(36)18-21-6-3-2-4-7-21/h2-4,6-7,9-16,19,26H,5,8,17-18H2,1H3,(H,31,35)(H,33,37)/t26-/m0/s1. The lowest BCUT2D eigenvalue weighted by Crippen LogP contribution is -2.43. The van der Waals surface area contributed by atoms with E-state index in [-0.39, 0.29) is 11.8 Å². The van der Waals surface area contributed by atoms with E-state index in [1.807, 2.05) is 85.8 Å². The van der Waals surface area contributed by atoms with E-state index in [4.69, 9.17) is 4.98 Å². The number of rotatable bonds is 8. The molecule has 0 radical (unpaired) electrons. The van der Waals surface area contributed by atoms with Crippen molar-refractivity contribution in [2.45, 2.75) is 32.2 Å². The first-order valence-corrected chi connectivity index (χ1v) is 13.4. The Balaban J connectivity index is 1.27. The molecule has 4 aromatic rings. The van der Waals surface area contributed by atoms with Crippen LogP contribution in [0.25, 0.3) is 21.7 Å². The Bertz CT molecular complexity index is 1430. The van der Waals surface area contributed by atoms with Crippen LogP contribution in [0.3, 0.4) is 0 Å². The van der Waals surface area contributed by atoms with Crippen molar-refractivity contribution in [2.75, 3.05) is 17.2 Å². The Morgan fingerprint density at radius 1 is 0.974 bits per heavy atom. The Morgan fingerprint density at radius 3 is 2.37 bits per heavy atom. The molecule has 38 heavy (non-hydrogen) atoms. The highest BCUT2D eigenvalue weighted by Gasteiger charge is 2.34. The summed E-state index contributed by atoms with van der Waals surface area (Å²) in [6.07, 6.45) is 2.43. The maximum absolute atomic E-state index is 13.1. The molecule has 1 aromatic heterocycles. The number of carbonyl (C=O) groups is 3. The van der Waals surface area contributed by atoms with Gasteiger partial charge in [-0.15, -0.1) is 11.3 Å². The summed E-state index contributed by atoms with van der Waals surface area (Å²) in [7, 11) is 0. The van der Waals surface area contributed by atoms with Crippen LogP contribution in [-0.2, 0) is 20.8 Å². The van der Waals surface area contributed by atoms with Gasteiger partial charge in [0, 0.05) is 23.5 Å². The van der Waals surface area contributed by atoms with E-state index >= 15 is 0 Å². The number of hydrogen-bond donors (Lipinski definition) is 2. The highest BCUT2D eigenvalue weighted by Crippen LogP contribution is 2.37. The number of aromatic nitrogens is 1. The van der Waals surface area contributed by atoms with Gasteiger partial charge in [0.15, 0.2) is 0 Å². The number of carbonyl (C=O) groups excluding carboxylic acids is 3. The Hall–Kier alpha value is -4.30. The average molecular weight is 525 g/mol. The molecular weight excluding hydrogens is 496 g/mol. The molecule has 3 aromatic carbocycles. The summed E-state index contributed by atoms with van der Waals surface area (Å²) >= 11 is 1.61. The van der Waals surface area contributed by atoms with Gasteiger partial charge in [-0.1, -0.05) is 54.6 Å². The van der Waals surface area contributed by atoms with Crippen molar-refractivity contribution >= 4 is 40.9 Å². The van der Waals surface area contributed by atoms with E-state index in [2.05, 4.69) is 10.6 Å². The first kappa shape index (κ1) is 25.4. The minimum Gasteiger partial charge on any atom is -0.330 e. The normalized spacial score (nSPS) is 14.8. The second-order valence-electron chi connectivity index (χ2n) is 9.22. The highest BCUT2D eigenvalue weighted by molar-refractivity contribution is 7.15. The minimum absolute atomic E-state index is 0.0226. The number of hydrogen-bond acceptors (Lipinski definition) is 5. The van der Waals surface area contributed by atoms with Crippen molar-refractivity contribution in [1.82, 2.24) is 9.88 Å². The van der Waals surface area contributed by atoms with Gasteiger partial charge in [0.05, 0.1) is 22.0 Å². The molecule has 0 unspecified atom stereocenters. The molecule has 1 atom stereocenters. The molecule has 1 aliphatic rings. The molecule has 0 saturated carbocycles. The van der Waals surface area contributed by atoms with E-state index in [1.165, 1.54) is 0 Å². The predicted molar refractivity (Wildman–Crippen MR) is 151 cm³/mol. The quantitative estimate of drug-likeness (QED) is 0.297. The number of anilines is 2. The van der Waals surface area contributed by atoms with Crippen LogP contribution in [0.15, 0.2) is 78.9 Å². The predicted octanol–water partition coefficient (Wildman–Crippen LogP) is 5.53. The molecule has 5 rings (SSSR count). The summed E-state index contributed by atoms with van der Waals surface area (Å²) in [4.78, 5) is 44.2. The molecule has 1 aliphatic heterocycles. The fourth-order valence-electron chi connectivity index (χ4n) is 4.75. The molecular formula is C30H28N4O3S. The van der Waals surface area contributed by atoms with E-state index < -0.39 is 6.04 Å². The molecule has 3 amide bonds. The van der Waals surface area contributed by atoms with Gasteiger partial charge in [-0.25, -0.2) is 4.98 Å². The van der Waals surface area contributed by atoms with Gasteiger partial charge in [-0.05, 0) is 55.2 Å². The van der Waals surface area contributed by atoms with Gasteiger partial charge in [-0.2, -0.15) is 0 Å². The van der Waals surface area contributed by atoms with E-state index in [0.29, 0.717) is 31.5 Å². The van der Waals surface area contributed by atoms with Crippen LogP contribution < -0.4 is 10.6 Å². The lowest BCUT2D eigenvalue weighted by molar-refractivity contribution is -0.136. The number of thiazole rings is 1. The number of aryl methyl sites for hydroxylation is 1. The van der Waals surface area contributed by atoms with Crippen molar-refractivity contribution in [2.24, 2.45) is 0 Å². The van der Waals surface area contributed by atoms with Crippen LogP contribution in [-0.4, -0.2) is 40.7 Å². The highest BCUT2D eigenvalue weighted by atomic mass is 32.1. The molecule has 0 spiro atoms. The minimum atomic E-state index is -0.463. The van der Waals surface area contributed by atoms with Gasteiger partial charge in [-0.3, -0.25) is 14.4 Å². The van der Waals surface area contributed by atoms with Crippen LogP contribution in [0.5, 0.6) is 0 Å². The van der Waals surface area contributed by atoms with Gasteiger partial charge in [0.25, 0.3) is 0 Å². The summed E-state index contributed by atoms with van der Waals surface area (Å²) in [6, 6.07) is 24.4. The molecule has 0 bridgehead atoms. The first-order chi connectivity index (χ1) is 18.5. The van der Waals surface area contributed by atoms with Crippen LogP contribution in [0.2, 0.25) is 0 Å². The maximum Gasteiger partial charge on any atom is 0.247 e. The fraction of sp³-hybridized carbons (Fsp3) is 0.200. The molecule has 192 valence electrons. The lowest BCUT2D eigenvalue weighted by Gasteiger charge is -2.24. The summed E-state index contributed by atoms with van der Waals surface area (Å²) in [5.41, 5.74) is 5.19. The van der Waals surface area contributed by atoms with Crippen LogP contribution >= 0.6 is 11.3 Å². The number of nitrogens with zero attached hydrogens (tertiary/aromatic N) is 2. The Morgan fingerprint density at radius 2 is 1.66 bits per heavy atom. The van der Waals surface area contributed by atoms with Gasteiger partial charge < -0.3 is 15.5 Å². The largest absolute Gasteiger partial charge is 0.330 e. The number of nitrogens with one attached hydrogen (secondary N) is 2. The van der Waals surface area contributed by atoms with Crippen molar-refractivity contribution in [3.8, 4) is 21.7 Å². The summed E-state index contributed by atoms with van der Waals surface area (Å²) in [5.74, 6) is -0.184. The molecule has 0 aliphatic carbocycles. The Kier molecular flexibility index (Phi) is 7.60. The lowest BCUT2D eigenvalue weighted by atomic mass is 10.1. The fourth-order valence-corrected chi connectivity index (χ4v) is 5.70. The summed E-state index contributed by atoms with van der Waals surface area (Å²) in [5, 5.41) is 6.59. The molecule has 2 N–H and O–H groups in total. The van der Waals surface area contributed by atoms with Crippen LogP contribution in [0.1, 0.15) is 23.4 Å². The van der Waals surface area contributed by atoms with Gasteiger partial charge >= 0.3 is 0 Å². The SMILES string of the molecule is Cc1nc(-c2ccc(NC(=O)[C@@H]3CCCN3C(=O)Cc3ccccc3)cc2)c(-c2ccc(NC=O)cc2)s1. The number of benzene rings is 3. The molecule has 1 fully saturated rings. The zero-order valence-electron chi connectivity index (χ0n) is 21.0. The van der Waals surface area contributed by atoms with Crippen molar-refractivity contribution in [3.63, 3.8) is 0 Å².